The Labute approximate surface area is 162 Å². The van der Waals surface area contributed by atoms with Crippen molar-refractivity contribution in [1.82, 2.24) is 4.90 Å². The molecule has 4 saturated carbocycles. The summed E-state index contributed by atoms with van der Waals surface area (Å²) in [5.41, 5.74) is 2.21. The third kappa shape index (κ3) is 3.49. The lowest BCUT2D eigenvalue weighted by molar-refractivity contribution is -0.0611. The third-order valence-corrected chi connectivity index (χ3v) is 7.98. The highest BCUT2D eigenvalue weighted by Gasteiger charge is 2.50. The molecule has 0 aromatic heterocycles. The molecule has 1 N–H and O–H groups in total. The second-order valence-corrected chi connectivity index (χ2v) is 9.85. The number of nitrogens with zero attached hydrogens (tertiary/aromatic N) is 2. The fraction of sp³-hybridized carbons (Fsp3) is 0.696. The summed E-state index contributed by atoms with van der Waals surface area (Å²) in [6.45, 7) is 5.64. The average Bonchev–Trinajstić information content (AvgIpc) is 2.66. The molecule has 4 bridgehead atoms. The van der Waals surface area contributed by atoms with Gasteiger partial charge in [0, 0.05) is 31.9 Å². The van der Waals surface area contributed by atoms with Crippen LogP contribution in [0.15, 0.2) is 24.3 Å². The van der Waals surface area contributed by atoms with Gasteiger partial charge in [-0.2, -0.15) is 0 Å². The summed E-state index contributed by atoms with van der Waals surface area (Å²) in [4.78, 5) is 16.1. The Morgan fingerprint density at radius 3 is 2.00 bits per heavy atom. The Kier molecular flexibility index (Phi) is 4.42. The van der Waals surface area contributed by atoms with Crippen molar-refractivity contribution in [1.29, 1.82) is 0 Å². The van der Waals surface area contributed by atoms with E-state index in [1.54, 1.807) is 12.1 Å². The summed E-state index contributed by atoms with van der Waals surface area (Å²) >= 11 is 0. The van der Waals surface area contributed by atoms with Gasteiger partial charge in [0.2, 0.25) is 0 Å². The number of benzene rings is 1. The van der Waals surface area contributed by atoms with Crippen molar-refractivity contribution >= 4 is 11.7 Å². The summed E-state index contributed by atoms with van der Waals surface area (Å²) in [5, 5.41) is 9.05. The van der Waals surface area contributed by atoms with Crippen LogP contribution < -0.4 is 4.90 Å². The Hall–Kier alpha value is -1.55. The molecular formula is C23H32N2O2. The first kappa shape index (κ1) is 17.5. The van der Waals surface area contributed by atoms with Gasteiger partial charge in [-0.1, -0.05) is 0 Å². The summed E-state index contributed by atoms with van der Waals surface area (Å²) in [7, 11) is 0. The Balaban J connectivity index is 1.13. The number of aromatic carboxylic acids is 1. The van der Waals surface area contributed by atoms with Crippen molar-refractivity contribution in [3.05, 3.63) is 29.8 Å². The maximum Gasteiger partial charge on any atom is 0.335 e. The number of hydrogen-bond acceptors (Lipinski definition) is 3. The van der Waals surface area contributed by atoms with Crippen molar-refractivity contribution in [3.8, 4) is 0 Å². The van der Waals surface area contributed by atoms with Gasteiger partial charge in [-0.3, -0.25) is 4.90 Å². The fourth-order valence-electron chi connectivity index (χ4n) is 7.04. The summed E-state index contributed by atoms with van der Waals surface area (Å²) in [6.07, 6.45) is 10.6. The highest BCUT2D eigenvalue weighted by Crippen LogP contribution is 2.61. The Bertz CT molecular complexity index is 656. The highest BCUT2D eigenvalue weighted by atomic mass is 16.4. The number of carboxylic acids is 1. The molecule has 27 heavy (non-hydrogen) atoms. The minimum absolute atomic E-state index is 0.368. The predicted octanol–water partition coefficient (Wildman–Crippen LogP) is 4.11. The Morgan fingerprint density at radius 1 is 0.926 bits per heavy atom. The lowest BCUT2D eigenvalue weighted by Crippen LogP contribution is -2.50. The van der Waals surface area contributed by atoms with Crippen LogP contribution in [0.2, 0.25) is 0 Å². The normalized spacial score (nSPS) is 35.6. The second kappa shape index (κ2) is 6.80. The molecule has 1 saturated heterocycles. The van der Waals surface area contributed by atoms with Gasteiger partial charge in [0.05, 0.1) is 5.56 Å². The van der Waals surface area contributed by atoms with E-state index in [0.717, 1.165) is 49.6 Å². The number of hydrogen-bond donors (Lipinski definition) is 1. The summed E-state index contributed by atoms with van der Waals surface area (Å²) in [6, 6.07) is 7.34. The van der Waals surface area contributed by atoms with Crippen LogP contribution in [0.4, 0.5) is 5.69 Å². The monoisotopic (exact) mass is 368 g/mol. The van der Waals surface area contributed by atoms with Gasteiger partial charge in [-0.25, -0.2) is 4.79 Å². The van der Waals surface area contributed by atoms with Gasteiger partial charge in [0.25, 0.3) is 0 Å². The van der Waals surface area contributed by atoms with Crippen LogP contribution in [0, 0.1) is 23.2 Å². The number of rotatable bonds is 5. The maximum atomic E-state index is 11.0. The van der Waals surface area contributed by atoms with Gasteiger partial charge in [0.1, 0.15) is 0 Å². The predicted molar refractivity (Wildman–Crippen MR) is 107 cm³/mol. The number of piperazine rings is 1. The van der Waals surface area contributed by atoms with Crippen molar-refractivity contribution in [2.24, 2.45) is 23.2 Å². The highest BCUT2D eigenvalue weighted by molar-refractivity contribution is 5.88. The lowest BCUT2D eigenvalue weighted by Gasteiger charge is -2.57. The molecule has 1 aromatic rings. The van der Waals surface area contributed by atoms with E-state index in [2.05, 4.69) is 9.80 Å². The van der Waals surface area contributed by atoms with E-state index in [9.17, 15) is 4.79 Å². The zero-order valence-electron chi connectivity index (χ0n) is 16.3. The fourth-order valence-corrected chi connectivity index (χ4v) is 7.04. The molecule has 4 aliphatic carbocycles. The van der Waals surface area contributed by atoms with E-state index < -0.39 is 5.97 Å². The molecule has 146 valence electrons. The SMILES string of the molecule is O=C(O)c1ccc(N2CCN(CCC34CC5CC(CC(C5)C3)C4)CC2)cc1. The molecule has 0 atom stereocenters. The summed E-state index contributed by atoms with van der Waals surface area (Å²) < 4.78 is 0. The molecule has 1 aliphatic heterocycles. The van der Waals surface area contributed by atoms with Crippen molar-refractivity contribution in [3.63, 3.8) is 0 Å². The molecule has 0 radical (unpaired) electrons. The summed E-state index contributed by atoms with van der Waals surface area (Å²) in [5.74, 6) is 2.32. The van der Waals surface area contributed by atoms with Crippen LogP contribution in [0.1, 0.15) is 55.3 Å². The molecule has 5 fully saturated rings. The minimum atomic E-state index is -0.851. The van der Waals surface area contributed by atoms with Crippen LogP contribution in [-0.4, -0.2) is 48.7 Å². The Morgan fingerprint density at radius 2 is 1.48 bits per heavy atom. The van der Waals surface area contributed by atoms with Crippen molar-refractivity contribution in [2.45, 2.75) is 44.9 Å². The molecule has 6 rings (SSSR count). The molecule has 5 aliphatic rings. The van der Waals surface area contributed by atoms with Gasteiger partial charge in [-0.15, -0.1) is 0 Å². The zero-order valence-corrected chi connectivity index (χ0v) is 16.3. The van der Waals surface area contributed by atoms with Crippen LogP contribution in [0.25, 0.3) is 0 Å². The quantitative estimate of drug-likeness (QED) is 0.849. The second-order valence-electron chi connectivity index (χ2n) is 9.85. The first-order valence-corrected chi connectivity index (χ1v) is 10.9. The van der Waals surface area contributed by atoms with Crippen LogP contribution in [-0.2, 0) is 0 Å². The number of anilines is 1. The van der Waals surface area contributed by atoms with E-state index in [0.29, 0.717) is 11.0 Å². The number of carboxylic acid groups (broad SMARTS) is 1. The van der Waals surface area contributed by atoms with E-state index >= 15 is 0 Å². The van der Waals surface area contributed by atoms with Gasteiger partial charge >= 0.3 is 5.97 Å². The molecular weight excluding hydrogens is 336 g/mol. The third-order valence-electron chi connectivity index (χ3n) is 7.98. The molecule has 1 heterocycles. The maximum absolute atomic E-state index is 11.0. The number of carbonyl (C=O) groups is 1. The van der Waals surface area contributed by atoms with Crippen molar-refractivity contribution < 1.29 is 9.90 Å². The first-order chi connectivity index (χ1) is 13.1. The average molecular weight is 369 g/mol. The molecule has 0 unspecified atom stereocenters. The van der Waals surface area contributed by atoms with Gasteiger partial charge < -0.3 is 10.0 Å². The largest absolute Gasteiger partial charge is 0.478 e. The van der Waals surface area contributed by atoms with Gasteiger partial charge in [0.15, 0.2) is 0 Å². The molecule has 1 aromatic carbocycles. The van der Waals surface area contributed by atoms with E-state index in [1.165, 1.54) is 51.5 Å². The molecule has 0 amide bonds. The molecule has 4 heteroatoms. The van der Waals surface area contributed by atoms with Crippen molar-refractivity contribution in [2.75, 3.05) is 37.6 Å². The zero-order chi connectivity index (χ0) is 18.4. The van der Waals surface area contributed by atoms with Crippen LogP contribution in [0.3, 0.4) is 0 Å². The minimum Gasteiger partial charge on any atom is -0.478 e. The molecule has 4 nitrogen and oxygen atoms in total. The topological polar surface area (TPSA) is 43.8 Å². The van der Waals surface area contributed by atoms with Crippen LogP contribution >= 0.6 is 0 Å². The van der Waals surface area contributed by atoms with E-state index in [-0.39, 0.29) is 0 Å². The van der Waals surface area contributed by atoms with Crippen LogP contribution in [0.5, 0.6) is 0 Å². The lowest BCUT2D eigenvalue weighted by atomic mass is 9.49. The molecule has 0 spiro atoms. The van der Waals surface area contributed by atoms with E-state index in [1.807, 2.05) is 12.1 Å². The standard InChI is InChI=1S/C23H32N2O2/c26-22(27)20-1-3-21(4-2-20)25-9-7-24(8-10-25)6-5-23-14-17-11-18(15-23)13-19(12-17)16-23/h1-4,17-19H,5-16H2,(H,26,27). The van der Waals surface area contributed by atoms with Gasteiger partial charge in [-0.05, 0) is 98.9 Å². The van der Waals surface area contributed by atoms with E-state index in [4.69, 9.17) is 5.11 Å². The smallest absolute Gasteiger partial charge is 0.335 e. The first-order valence-electron chi connectivity index (χ1n) is 10.9.